The van der Waals surface area contributed by atoms with Gasteiger partial charge in [0.2, 0.25) is 0 Å². The Labute approximate surface area is 135 Å². The summed E-state index contributed by atoms with van der Waals surface area (Å²) in [6, 6.07) is 13.3. The molecule has 0 aromatic heterocycles. The Morgan fingerprint density at radius 2 is 1.82 bits per heavy atom. The lowest BCUT2D eigenvalue weighted by Gasteiger charge is -2.11. The van der Waals surface area contributed by atoms with Crippen LogP contribution in [0, 0.1) is 0 Å². The van der Waals surface area contributed by atoms with Crippen molar-refractivity contribution in [2.45, 2.75) is 6.61 Å². The monoisotopic (exact) mass is 318 g/mol. The zero-order valence-electron chi connectivity index (χ0n) is 12.9. The molecule has 116 valence electrons. The second-order valence-corrected chi connectivity index (χ2v) is 5.35. The molecule has 0 spiro atoms. The van der Waals surface area contributed by atoms with Gasteiger partial charge in [-0.3, -0.25) is 0 Å². The molecule has 22 heavy (non-hydrogen) atoms. The van der Waals surface area contributed by atoms with Gasteiger partial charge in [-0.25, -0.2) is 0 Å². The lowest BCUT2D eigenvalue weighted by atomic mass is 10.2. The first-order valence-electron chi connectivity index (χ1n) is 6.85. The van der Waals surface area contributed by atoms with E-state index in [1.807, 2.05) is 56.6 Å². The first-order chi connectivity index (χ1) is 10.6. The van der Waals surface area contributed by atoms with Crippen LogP contribution in [-0.2, 0) is 6.61 Å². The van der Waals surface area contributed by atoms with Crippen LogP contribution in [0.15, 0.2) is 47.6 Å². The smallest absolute Gasteiger partial charge is 0.161 e. The number of hydrogen-bond donors (Lipinski definition) is 0. The van der Waals surface area contributed by atoms with Crippen LogP contribution < -0.4 is 9.47 Å². The van der Waals surface area contributed by atoms with E-state index in [0.29, 0.717) is 23.1 Å². The number of benzene rings is 2. The van der Waals surface area contributed by atoms with Gasteiger partial charge < -0.3 is 14.5 Å². The maximum atomic E-state index is 5.87. The standard InChI is InChI=1S/C17H19ClN2O2/c1-20(2)19-11-14-6-9-16(17(10-14)21-3)22-12-13-4-7-15(18)8-5-13/h4-11H,12H2,1-3H3. The molecule has 0 aliphatic rings. The van der Waals surface area contributed by atoms with Crippen molar-refractivity contribution in [2.24, 2.45) is 5.10 Å². The van der Waals surface area contributed by atoms with Crippen LogP contribution in [0.5, 0.6) is 11.5 Å². The Balaban J connectivity index is 2.08. The van der Waals surface area contributed by atoms with E-state index in [1.54, 1.807) is 18.3 Å². The van der Waals surface area contributed by atoms with Crippen LogP contribution in [0.25, 0.3) is 0 Å². The molecule has 0 amide bonds. The van der Waals surface area contributed by atoms with E-state index in [2.05, 4.69) is 5.10 Å². The Kier molecular flexibility index (Phi) is 5.67. The van der Waals surface area contributed by atoms with Gasteiger partial charge in [0, 0.05) is 19.1 Å². The number of methoxy groups -OCH3 is 1. The number of rotatable bonds is 6. The second-order valence-electron chi connectivity index (χ2n) is 4.92. The Morgan fingerprint density at radius 3 is 2.45 bits per heavy atom. The molecule has 0 saturated heterocycles. The van der Waals surface area contributed by atoms with Gasteiger partial charge in [-0.05, 0) is 41.5 Å². The first-order valence-corrected chi connectivity index (χ1v) is 7.23. The van der Waals surface area contributed by atoms with Crippen LogP contribution in [0.1, 0.15) is 11.1 Å². The zero-order valence-corrected chi connectivity index (χ0v) is 13.7. The van der Waals surface area contributed by atoms with E-state index in [1.165, 1.54) is 0 Å². The summed E-state index contributed by atoms with van der Waals surface area (Å²) in [6.07, 6.45) is 1.77. The van der Waals surface area contributed by atoms with E-state index in [9.17, 15) is 0 Å². The number of hydrazone groups is 1. The molecule has 0 unspecified atom stereocenters. The van der Waals surface area contributed by atoms with E-state index < -0.39 is 0 Å². The number of halogens is 1. The average Bonchev–Trinajstić information content (AvgIpc) is 2.52. The fraction of sp³-hybridized carbons (Fsp3) is 0.235. The van der Waals surface area contributed by atoms with E-state index in [4.69, 9.17) is 21.1 Å². The minimum absolute atomic E-state index is 0.457. The van der Waals surface area contributed by atoms with Gasteiger partial charge in [0.05, 0.1) is 13.3 Å². The highest BCUT2D eigenvalue weighted by Gasteiger charge is 2.05. The van der Waals surface area contributed by atoms with Gasteiger partial charge in [0.25, 0.3) is 0 Å². The minimum atomic E-state index is 0.457. The minimum Gasteiger partial charge on any atom is -0.493 e. The van der Waals surface area contributed by atoms with Crippen molar-refractivity contribution in [3.05, 3.63) is 58.6 Å². The molecule has 2 aromatic carbocycles. The van der Waals surface area contributed by atoms with Gasteiger partial charge in [0.1, 0.15) is 6.61 Å². The topological polar surface area (TPSA) is 34.1 Å². The molecule has 0 aliphatic heterocycles. The highest BCUT2D eigenvalue weighted by atomic mass is 35.5. The lowest BCUT2D eigenvalue weighted by Crippen LogP contribution is -2.02. The van der Waals surface area contributed by atoms with Crippen LogP contribution in [0.2, 0.25) is 5.02 Å². The van der Waals surface area contributed by atoms with Crippen molar-refractivity contribution in [2.75, 3.05) is 21.2 Å². The van der Waals surface area contributed by atoms with Crippen LogP contribution in [-0.4, -0.2) is 32.4 Å². The molecule has 0 heterocycles. The molecule has 5 heteroatoms. The van der Waals surface area contributed by atoms with Crippen LogP contribution in [0.3, 0.4) is 0 Å². The predicted octanol–water partition coefficient (Wildman–Crippen LogP) is 3.82. The van der Waals surface area contributed by atoms with Crippen LogP contribution in [0.4, 0.5) is 0 Å². The van der Waals surface area contributed by atoms with Crippen LogP contribution >= 0.6 is 11.6 Å². The molecule has 0 atom stereocenters. The summed E-state index contributed by atoms with van der Waals surface area (Å²) >= 11 is 5.87. The Hall–Kier alpha value is -2.20. The molecule has 0 fully saturated rings. The van der Waals surface area contributed by atoms with Crippen molar-refractivity contribution in [1.29, 1.82) is 0 Å². The van der Waals surface area contributed by atoms with Gasteiger partial charge in [-0.2, -0.15) is 5.10 Å². The SMILES string of the molecule is COc1cc(C=NN(C)C)ccc1OCc1ccc(Cl)cc1. The molecule has 0 bridgehead atoms. The molecular weight excluding hydrogens is 300 g/mol. The lowest BCUT2D eigenvalue weighted by molar-refractivity contribution is 0.284. The average molecular weight is 319 g/mol. The third-order valence-corrected chi connectivity index (χ3v) is 3.19. The summed E-state index contributed by atoms with van der Waals surface area (Å²) in [5.74, 6) is 1.37. The highest BCUT2D eigenvalue weighted by Crippen LogP contribution is 2.28. The fourth-order valence-electron chi connectivity index (χ4n) is 1.81. The largest absolute Gasteiger partial charge is 0.493 e. The van der Waals surface area contributed by atoms with Crippen molar-refractivity contribution in [3.8, 4) is 11.5 Å². The van der Waals surface area contributed by atoms with Gasteiger partial charge in [-0.1, -0.05) is 23.7 Å². The molecule has 2 aromatic rings. The normalized spacial score (nSPS) is 10.7. The predicted molar refractivity (Wildman–Crippen MR) is 90.1 cm³/mol. The Bertz CT molecular complexity index is 640. The van der Waals surface area contributed by atoms with E-state index in [-0.39, 0.29) is 0 Å². The Morgan fingerprint density at radius 1 is 1.09 bits per heavy atom. The van der Waals surface area contributed by atoms with Crippen molar-refractivity contribution >= 4 is 17.8 Å². The summed E-state index contributed by atoms with van der Waals surface area (Å²) < 4.78 is 11.2. The molecule has 4 nitrogen and oxygen atoms in total. The molecular formula is C17H19ClN2O2. The maximum absolute atomic E-state index is 5.87. The first kappa shape index (κ1) is 16.2. The third-order valence-electron chi connectivity index (χ3n) is 2.93. The van der Waals surface area contributed by atoms with Crippen molar-refractivity contribution in [3.63, 3.8) is 0 Å². The maximum Gasteiger partial charge on any atom is 0.161 e. The summed E-state index contributed by atoms with van der Waals surface area (Å²) in [7, 11) is 5.37. The number of ether oxygens (including phenoxy) is 2. The second kappa shape index (κ2) is 7.71. The van der Waals surface area contributed by atoms with E-state index in [0.717, 1.165) is 11.1 Å². The fourth-order valence-corrected chi connectivity index (χ4v) is 1.93. The molecule has 0 N–H and O–H groups in total. The van der Waals surface area contributed by atoms with Crippen molar-refractivity contribution < 1.29 is 9.47 Å². The van der Waals surface area contributed by atoms with Gasteiger partial charge >= 0.3 is 0 Å². The van der Waals surface area contributed by atoms with Crippen molar-refractivity contribution in [1.82, 2.24) is 5.01 Å². The summed E-state index contributed by atoms with van der Waals surface area (Å²) in [5, 5.41) is 6.65. The zero-order chi connectivity index (χ0) is 15.9. The van der Waals surface area contributed by atoms with Gasteiger partial charge in [-0.15, -0.1) is 0 Å². The molecule has 2 rings (SSSR count). The highest BCUT2D eigenvalue weighted by molar-refractivity contribution is 6.30. The summed E-state index contributed by atoms with van der Waals surface area (Å²) in [5.41, 5.74) is 1.99. The molecule has 0 radical (unpaired) electrons. The molecule has 0 aliphatic carbocycles. The summed E-state index contributed by atoms with van der Waals surface area (Å²) in [4.78, 5) is 0. The number of hydrogen-bond acceptors (Lipinski definition) is 4. The molecule has 0 saturated carbocycles. The number of nitrogens with zero attached hydrogens (tertiary/aromatic N) is 2. The summed E-state index contributed by atoms with van der Waals surface area (Å²) in [6.45, 7) is 0.457. The third kappa shape index (κ3) is 4.67. The van der Waals surface area contributed by atoms with Gasteiger partial charge in [0.15, 0.2) is 11.5 Å². The quantitative estimate of drug-likeness (QED) is 0.600. The van der Waals surface area contributed by atoms with E-state index >= 15 is 0 Å².